The van der Waals surface area contributed by atoms with Crippen LogP contribution in [0.4, 0.5) is 0 Å². The number of carbonyl (C=O) groups is 2. The lowest BCUT2D eigenvalue weighted by molar-refractivity contribution is -0.147. The van der Waals surface area contributed by atoms with Gasteiger partial charge in [-0.15, -0.1) is 11.3 Å². The normalized spacial score (nSPS) is 11.2. The first-order chi connectivity index (χ1) is 10.4. The van der Waals surface area contributed by atoms with Crippen molar-refractivity contribution in [3.05, 3.63) is 41.4 Å². The van der Waals surface area contributed by atoms with E-state index in [0.717, 1.165) is 10.6 Å². The number of amides is 1. The number of thiazole rings is 1. The van der Waals surface area contributed by atoms with E-state index in [2.05, 4.69) is 10.3 Å². The fourth-order valence-electron chi connectivity index (χ4n) is 1.78. The van der Waals surface area contributed by atoms with Gasteiger partial charge < -0.3 is 10.4 Å². The monoisotopic (exact) mass is 318 g/mol. The van der Waals surface area contributed by atoms with Crippen LogP contribution in [0.2, 0.25) is 0 Å². The molecule has 0 saturated heterocycles. The third-order valence-corrected chi connectivity index (χ3v) is 4.26. The van der Waals surface area contributed by atoms with Gasteiger partial charge in [-0.05, 0) is 20.3 Å². The predicted molar refractivity (Wildman–Crippen MR) is 85.9 cm³/mol. The second kappa shape index (κ2) is 6.70. The van der Waals surface area contributed by atoms with Crippen molar-refractivity contribution >= 4 is 23.2 Å². The second-order valence-electron chi connectivity index (χ2n) is 5.60. The first-order valence-electron chi connectivity index (χ1n) is 6.93. The molecule has 0 aliphatic heterocycles. The number of carboxylic acids is 1. The molecule has 0 radical (unpaired) electrons. The molecule has 0 bridgehead atoms. The van der Waals surface area contributed by atoms with Crippen LogP contribution in [0.15, 0.2) is 35.7 Å². The third kappa shape index (κ3) is 3.92. The van der Waals surface area contributed by atoms with Gasteiger partial charge >= 0.3 is 5.97 Å². The Morgan fingerprint density at radius 3 is 2.59 bits per heavy atom. The van der Waals surface area contributed by atoms with Gasteiger partial charge in [0, 0.05) is 17.5 Å². The summed E-state index contributed by atoms with van der Waals surface area (Å²) in [5, 5.41) is 14.2. The van der Waals surface area contributed by atoms with Crippen molar-refractivity contribution in [3.63, 3.8) is 0 Å². The molecule has 116 valence electrons. The van der Waals surface area contributed by atoms with Gasteiger partial charge in [-0.2, -0.15) is 0 Å². The highest BCUT2D eigenvalue weighted by molar-refractivity contribution is 7.13. The zero-order valence-electron chi connectivity index (χ0n) is 12.5. The Morgan fingerprint density at radius 1 is 1.27 bits per heavy atom. The minimum absolute atomic E-state index is 0.278. The number of hydrogen-bond donors (Lipinski definition) is 2. The molecule has 0 unspecified atom stereocenters. The van der Waals surface area contributed by atoms with Gasteiger partial charge in [0.05, 0.1) is 5.41 Å². The number of aromatic nitrogens is 1. The van der Waals surface area contributed by atoms with Crippen LogP contribution in [-0.4, -0.2) is 28.5 Å². The zero-order valence-corrected chi connectivity index (χ0v) is 13.3. The SMILES string of the molecule is CC(C)(CCNC(=O)c1csc(-c2ccccc2)n1)C(=O)O. The summed E-state index contributed by atoms with van der Waals surface area (Å²) in [6.45, 7) is 3.58. The minimum Gasteiger partial charge on any atom is -0.481 e. The van der Waals surface area contributed by atoms with E-state index in [4.69, 9.17) is 5.11 Å². The van der Waals surface area contributed by atoms with Crippen LogP contribution in [0, 0.1) is 5.41 Å². The number of rotatable bonds is 6. The molecule has 0 aliphatic rings. The molecule has 0 aliphatic carbocycles. The first kappa shape index (κ1) is 16.2. The van der Waals surface area contributed by atoms with E-state index in [1.807, 2.05) is 30.3 Å². The van der Waals surface area contributed by atoms with E-state index >= 15 is 0 Å². The van der Waals surface area contributed by atoms with Crippen molar-refractivity contribution in [1.82, 2.24) is 10.3 Å². The van der Waals surface area contributed by atoms with Gasteiger partial charge in [0.25, 0.3) is 5.91 Å². The summed E-state index contributed by atoms with van der Waals surface area (Å²) in [5.74, 6) is -1.15. The maximum atomic E-state index is 12.0. The van der Waals surface area contributed by atoms with Crippen molar-refractivity contribution in [2.45, 2.75) is 20.3 Å². The highest BCUT2D eigenvalue weighted by Gasteiger charge is 2.26. The molecule has 5 nitrogen and oxygen atoms in total. The Hall–Kier alpha value is -2.21. The lowest BCUT2D eigenvalue weighted by atomic mass is 9.90. The lowest BCUT2D eigenvalue weighted by Gasteiger charge is -2.18. The number of carboxylic acid groups (broad SMARTS) is 1. The first-order valence-corrected chi connectivity index (χ1v) is 7.81. The highest BCUT2D eigenvalue weighted by Crippen LogP contribution is 2.23. The maximum Gasteiger partial charge on any atom is 0.309 e. The van der Waals surface area contributed by atoms with E-state index < -0.39 is 11.4 Å². The zero-order chi connectivity index (χ0) is 16.2. The Balaban J connectivity index is 1.94. The van der Waals surface area contributed by atoms with Crippen molar-refractivity contribution < 1.29 is 14.7 Å². The van der Waals surface area contributed by atoms with Gasteiger partial charge in [0.15, 0.2) is 0 Å². The molecule has 1 aromatic heterocycles. The summed E-state index contributed by atoms with van der Waals surface area (Å²) in [6, 6.07) is 9.65. The number of benzene rings is 1. The van der Waals surface area contributed by atoms with E-state index in [-0.39, 0.29) is 5.91 Å². The minimum atomic E-state index is -0.873. The molecular formula is C16H18N2O3S. The molecule has 0 saturated carbocycles. The molecule has 1 aromatic carbocycles. The lowest BCUT2D eigenvalue weighted by Crippen LogP contribution is -2.32. The van der Waals surface area contributed by atoms with Gasteiger partial charge in [-0.3, -0.25) is 9.59 Å². The summed E-state index contributed by atoms with van der Waals surface area (Å²) in [4.78, 5) is 27.4. The topological polar surface area (TPSA) is 79.3 Å². The largest absolute Gasteiger partial charge is 0.481 e. The summed E-state index contributed by atoms with van der Waals surface area (Å²) < 4.78 is 0. The highest BCUT2D eigenvalue weighted by atomic mass is 32.1. The fourth-order valence-corrected chi connectivity index (χ4v) is 2.58. The number of hydrogen-bond acceptors (Lipinski definition) is 4. The van der Waals surface area contributed by atoms with Gasteiger partial charge in [-0.1, -0.05) is 30.3 Å². The molecule has 2 aromatic rings. The van der Waals surface area contributed by atoms with Crippen molar-refractivity contribution in [1.29, 1.82) is 0 Å². The molecule has 2 N–H and O–H groups in total. The van der Waals surface area contributed by atoms with E-state index in [0.29, 0.717) is 18.7 Å². The maximum absolute atomic E-state index is 12.0. The van der Waals surface area contributed by atoms with Crippen molar-refractivity contribution in [2.75, 3.05) is 6.54 Å². The quantitative estimate of drug-likeness (QED) is 0.858. The van der Waals surface area contributed by atoms with Crippen LogP contribution in [0.3, 0.4) is 0 Å². The molecule has 0 spiro atoms. The molecule has 1 amide bonds. The van der Waals surface area contributed by atoms with Crippen molar-refractivity contribution in [3.8, 4) is 10.6 Å². The van der Waals surface area contributed by atoms with Crippen LogP contribution in [0.1, 0.15) is 30.8 Å². The predicted octanol–water partition coefficient (Wildman–Crippen LogP) is 3.04. The van der Waals surface area contributed by atoms with Crippen molar-refractivity contribution in [2.24, 2.45) is 5.41 Å². The fraction of sp³-hybridized carbons (Fsp3) is 0.312. The second-order valence-corrected chi connectivity index (χ2v) is 6.46. The summed E-state index contributed by atoms with van der Waals surface area (Å²) in [6.07, 6.45) is 0.365. The van der Waals surface area contributed by atoms with Crippen LogP contribution in [0.5, 0.6) is 0 Å². The molecule has 2 rings (SSSR count). The average Bonchev–Trinajstić information content (AvgIpc) is 2.97. The number of nitrogens with one attached hydrogen (secondary N) is 1. The molecule has 0 atom stereocenters. The Kier molecular flexibility index (Phi) is 4.92. The van der Waals surface area contributed by atoms with Gasteiger partial charge in [0.2, 0.25) is 0 Å². The Bertz CT molecular complexity index is 665. The third-order valence-electron chi connectivity index (χ3n) is 3.37. The van der Waals surface area contributed by atoms with E-state index in [9.17, 15) is 9.59 Å². The number of aliphatic carboxylic acids is 1. The molecule has 1 heterocycles. The van der Waals surface area contributed by atoms with Crippen LogP contribution in [-0.2, 0) is 4.79 Å². The summed E-state index contributed by atoms with van der Waals surface area (Å²) in [5.41, 5.74) is 0.473. The van der Waals surface area contributed by atoms with Gasteiger partial charge in [0.1, 0.15) is 10.7 Å². The summed E-state index contributed by atoms with van der Waals surface area (Å²) >= 11 is 1.41. The van der Waals surface area contributed by atoms with E-state index in [1.54, 1.807) is 19.2 Å². The molecule has 6 heteroatoms. The van der Waals surface area contributed by atoms with Crippen LogP contribution in [0.25, 0.3) is 10.6 Å². The number of carbonyl (C=O) groups excluding carboxylic acids is 1. The van der Waals surface area contributed by atoms with Gasteiger partial charge in [-0.25, -0.2) is 4.98 Å². The molecule has 0 fully saturated rings. The smallest absolute Gasteiger partial charge is 0.309 e. The molecule has 22 heavy (non-hydrogen) atoms. The van der Waals surface area contributed by atoms with Crippen LogP contribution >= 0.6 is 11.3 Å². The standard InChI is InChI=1S/C16H18N2O3S/c1-16(2,15(20)21)8-9-17-13(19)12-10-22-14(18-12)11-6-4-3-5-7-11/h3-7,10H,8-9H2,1-2H3,(H,17,19)(H,20,21). The Labute approximate surface area is 133 Å². The Morgan fingerprint density at radius 2 is 1.95 bits per heavy atom. The number of nitrogens with zero attached hydrogens (tertiary/aromatic N) is 1. The molecular weight excluding hydrogens is 300 g/mol. The van der Waals surface area contributed by atoms with Crippen LogP contribution < -0.4 is 5.32 Å². The van der Waals surface area contributed by atoms with E-state index in [1.165, 1.54) is 11.3 Å². The average molecular weight is 318 g/mol. The summed E-state index contributed by atoms with van der Waals surface area (Å²) in [7, 11) is 0.